The zero-order valence-corrected chi connectivity index (χ0v) is 17.8. The van der Waals surface area contributed by atoms with Gasteiger partial charge in [-0.25, -0.2) is 9.78 Å². The number of anilines is 2. The van der Waals surface area contributed by atoms with E-state index in [-0.39, 0.29) is 17.8 Å². The first-order chi connectivity index (χ1) is 15.0. The minimum atomic E-state index is -0.561. The number of carbonyl (C=O) groups excluding carboxylic acids is 2. The summed E-state index contributed by atoms with van der Waals surface area (Å²) in [5, 5.41) is 5.92. The van der Waals surface area contributed by atoms with Gasteiger partial charge in [0, 0.05) is 12.5 Å². The monoisotopic (exact) mass is 435 g/mol. The number of fused-ring (bicyclic) bond motifs is 1. The van der Waals surface area contributed by atoms with Gasteiger partial charge < -0.3 is 14.9 Å². The summed E-state index contributed by atoms with van der Waals surface area (Å²) in [4.78, 5) is 35.6. The maximum Gasteiger partial charge on any atom is 0.410 e. The first kappa shape index (κ1) is 20.8. The second-order valence-electron chi connectivity index (χ2n) is 7.38. The van der Waals surface area contributed by atoms with E-state index in [1.807, 2.05) is 18.2 Å². The zero-order chi connectivity index (χ0) is 21.8. The van der Waals surface area contributed by atoms with Gasteiger partial charge in [0.05, 0.1) is 15.9 Å². The Morgan fingerprint density at radius 1 is 1.16 bits per heavy atom. The maximum absolute atomic E-state index is 12.4. The average Bonchev–Trinajstić information content (AvgIpc) is 3.15. The fourth-order valence-corrected chi connectivity index (χ4v) is 4.53. The standard InChI is InChI=1S/C22H21N5O3S/c1-13(28)25-21-26-17-9-8-14(11-19(17)31-21)15-10-18(20(23-2)24-12-15)27-22(29)30-16-6-4-3-5-7-16/h8-12,16H,3-7H2,1H3,(H,27,29)(H,25,26,28). The number of pyridine rings is 1. The van der Waals surface area contributed by atoms with Crippen LogP contribution in [-0.4, -0.2) is 28.1 Å². The molecule has 2 heterocycles. The molecule has 0 saturated heterocycles. The van der Waals surface area contributed by atoms with E-state index < -0.39 is 6.09 Å². The van der Waals surface area contributed by atoms with Crippen molar-refractivity contribution < 1.29 is 14.3 Å². The Labute approximate surface area is 183 Å². The molecule has 3 aromatic rings. The predicted molar refractivity (Wildman–Crippen MR) is 120 cm³/mol. The lowest BCUT2D eigenvalue weighted by atomic mass is 9.98. The van der Waals surface area contributed by atoms with E-state index in [2.05, 4.69) is 25.4 Å². The minimum absolute atomic E-state index is 0.0761. The molecule has 1 aromatic carbocycles. The average molecular weight is 436 g/mol. The molecule has 31 heavy (non-hydrogen) atoms. The number of carbonyl (C=O) groups is 2. The smallest absolute Gasteiger partial charge is 0.410 e. The van der Waals surface area contributed by atoms with Crippen molar-refractivity contribution in [1.29, 1.82) is 0 Å². The van der Waals surface area contributed by atoms with Gasteiger partial charge >= 0.3 is 6.09 Å². The summed E-state index contributed by atoms with van der Waals surface area (Å²) in [5.74, 6) is -0.0646. The van der Waals surface area contributed by atoms with Crippen LogP contribution >= 0.6 is 11.3 Å². The number of benzene rings is 1. The first-order valence-corrected chi connectivity index (χ1v) is 10.9. The first-order valence-electron chi connectivity index (χ1n) is 10.1. The van der Waals surface area contributed by atoms with E-state index in [1.54, 1.807) is 12.3 Å². The Morgan fingerprint density at radius 2 is 1.97 bits per heavy atom. The topological polar surface area (TPSA) is 97.6 Å². The van der Waals surface area contributed by atoms with Gasteiger partial charge in [0.25, 0.3) is 5.82 Å². The van der Waals surface area contributed by atoms with E-state index in [0.29, 0.717) is 10.8 Å². The molecule has 0 spiro atoms. The van der Waals surface area contributed by atoms with Crippen LogP contribution in [0, 0.1) is 6.57 Å². The van der Waals surface area contributed by atoms with Gasteiger partial charge in [-0.05, 0) is 49.4 Å². The van der Waals surface area contributed by atoms with Crippen LogP contribution in [0.5, 0.6) is 0 Å². The summed E-state index contributed by atoms with van der Waals surface area (Å²) in [6, 6.07) is 7.41. The molecule has 2 amide bonds. The molecular formula is C22H21N5O3S. The lowest BCUT2D eigenvalue weighted by Gasteiger charge is -2.22. The quantitative estimate of drug-likeness (QED) is 0.509. The van der Waals surface area contributed by atoms with Crippen LogP contribution in [0.15, 0.2) is 30.5 Å². The number of thiazole rings is 1. The molecule has 9 heteroatoms. The highest BCUT2D eigenvalue weighted by Crippen LogP contribution is 2.33. The second-order valence-corrected chi connectivity index (χ2v) is 8.41. The Bertz CT molecular complexity index is 1180. The summed E-state index contributed by atoms with van der Waals surface area (Å²) in [6.45, 7) is 8.79. The molecule has 0 radical (unpaired) electrons. The van der Waals surface area contributed by atoms with Gasteiger partial charge in [-0.2, -0.15) is 0 Å². The minimum Gasteiger partial charge on any atom is -0.446 e. The lowest BCUT2D eigenvalue weighted by Crippen LogP contribution is -2.24. The third-order valence-corrected chi connectivity index (χ3v) is 5.97. The molecule has 0 unspecified atom stereocenters. The number of hydrogen-bond acceptors (Lipinski definition) is 6. The van der Waals surface area contributed by atoms with Gasteiger partial charge in [0.2, 0.25) is 5.91 Å². The number of nitrogens with one attached hydrogen (secondary N) is 2. The van der Waals surface area contributed by atoms with Crippen molar-refractivity contribution in [2.45, 2.75) is 45.1 Å². The summed E-state index contributed by atoms with van der Waals surface area (Å²) in [7, 11) is 0. The Hall–Kier alpha value is -3.51. The van der Waals surface area contributed by atoms with Crippen molar-refractivity contribution in [3.05, 3.63) is 41.9 Å². The van der Waals surface area contributed by atoms with Crippen molar-refractivity contribution in [3.63, 3.8) is 0 Å². The zero-order valence-electron chi connectivity index (χ0n) is 17.0. The van der Waals surface area contributed by atoms with Crippen molar-refractivity contribution in [1.82, 2.24) is 9.97 Å². The van der Waals surface area contributed by atoms with Crippen LogP contribution in [0.25, 0.3) is 26.2 Å². The Balaban J connectivity index is 1.57. The number of hydrogen-bond donors (Lipinski definition) is 2. The molecule has 2 aromatic heterocycles. The molecule has 1 aliphatic carbocycles. The predicted octanol–water partition coefficient (Wildman–Crippen LogP) is 5.75. The van der Waals surface area contributed by atoms with Gasteiger partial charge in [0.15, 0.2) is 5.13 Å². The molecule has 0 aliphatic heterocycles. The summed E-state index contributed by atoms with van der Waals surface area (Å²) in [6.07, 6.45) is 6.00. The van der Waals surface area contributed by atoms with E-state index in [1.165, 1.54) is 24.7 Å². The van der Waals surface area contributed by atoms with Gasteiger partial charge in [-0.1, -0.05) is 30.4 Å². The molecule has 2 N–H and O–H groups in total. The Kier molecular flexibility index (Phi) is 6.09. The van der Waals surface area contributed by atoms with Crippen molar-refractivity contribution >= 4 is 50.2 Å². The number of rotatable bonds is 4. The number of nitrogens with zero attached hydrogens (tertiary/aromatic N) is 3. The molecule has 0 bridgehead atoms. The van der Waals surface area contributed by atoms with Crippen LogP contribution < -0.4 is 10.6 Å². The van der Waals surface area contributed by atoms with E-state index >= 15 is 0 Å². The van der Waals surface area contributed by atoms with E-state index in [0.717, 1.165) is 47.0 Å². The third kappa shape index (κ3) is 4.98. The summed E-state index contributed by atoms with van der Waals surface area (Å²) < 4.78 is 6.41. The molecule has 8 nitrogen and oxygen atoms in total. The van der Waals surface area contributed by atoms with Crippen LogP contribution in [0.1, 0.15) is 39.0 Å². The van der Waals surface area contributed by atoms with Crippen molar-refractivity contribution in [3.8, 4) is 11.1 Å². The highest BCUT2D eigenvalue weighted by molar-refractivity contribution is 7.22. The number of ether oxygens (including phenoxy) is 1. The molecule has 158 valence electrons. The van der Waals surface area contributed by atoms with Crippen LogP contribution in [0.4, 0.5) is 21.4 Å². The highest BCUT2D eigenvalue weighted by atomic mass is 32.1. The molecule has 1 saturated carbocycles. The largest absolute Gasteiger partial charge is 0.446 e. The third-order valence-electron chi connectivity index (χ3n) is 5.04. The maximum atomic E-state index is 12.4. The molecular weight excluding hydrogens is 414 g/mol. The number of amides is 2. The fraction of sp³-hybridized carbons (Fsp3) is 0.318. The summed E-state index contributed by atoms with van der Waals surface area (Å²) >= 11 is 1.37. The SMILES string of the molecule is [C-]#[N+]c1ncc(-c2ccc3nc(NC(C)=O)sc3c2)cc1NC(=O)OC1CCCCC1. The van der Waals surface area contributed by atoms with Gasteiger partial charge in [-0.3, -0.25) is 10.1 Å². The molecule has 1 fully saturated rings. The highest BCUT2D eigenvalue weighted by Gasteiger charge is 2.19. The fourth-order valence-electron chi connectivity index (χ4n) is 3.58. The molecule has 1 aliphatic rings. The Morgan fingerprint density at radius 3 is 2.71 bits per heavy atom. The van der Waals surface area contributed by atoms with Crippen LogP contribution in [0.3, 0.4) is 0 Å². The number of aromatic nitrogens is 2. The van der Waals surface area contributed by atoms with Crippen LogP contribution in [-0.2, 0) is 9.53 Å². The normalized spacial score (nSPS) is 14.1. The summed E-state index contributed by atoms with van der Waals surface area (Å²) in [5.41, 5.74) is 2.70. The molecule has 4 rings (SSSR count). The van der Waals surface area contributed by atoms with Crippen molar-refractivity contribution in [2.75, 3.05) is 10.6 Å². The lowest BCUT2D eigenvalue weighted by molar-refractivity contribution is -0.114. The van der Waals surface area contributed by atoms with Gasteiger partial charge in [0.1, 0.15) is 12.3 Å². The van der Waals surface area contributed by atoms with Gasteiger partial charge in [-0.15, -0.1) is 4.98 Å². The van der Waals surface area contributed by atoms with Crippen molar-refractivity contribution in [2.24, 2.45) is 0 Å². The van der Waals surface area contributed by atoms with E-state index in [4.69, 9.17) is 11.3 Å². The second kappa shape index (κ2) is 9.10. The van der Waals surface area contributed by atoms with E-state index in [9.17, 15) is 9.59 Å². The van der Waals surface area contributed by atoms with Crippen LogP contribution in [0.2, 0.25) is 0 Å². The molecule has 0 atom stereocenters.